The van der Waals surface area contributed by atoms with Crippen molar-refractivity contribution in [1.29, 1.82) is 0 Å². The van der Waals surface area contributed by atoms with Crippen LogP contribution in [0.5, 0.6) is 0 Å². The van der Waals surface area contributed by atoms with E-state index in [4.69, 9.17) is 4.55 Å². The van der Waals surface area contributed by atoms with Crippen molar-refractivity contribution in [2.75, 3.05) is 0 Å². The molecule has 4 nitrogen and oxygen atoms in total. The van der Waals surface area contributed by atoms with Gasteiger partial charge in [-0.15, -0.1) is 0 Å². The molecule has 1 N–H and O–H groups in total. The van der Waals surface area contributed by atoms with E-state index in [1.807, 2.05) is 0 Å². The molecular formula is C4H6O4S. The molecule has 0 saturated carbocycles. The van der Waals surface area contributed by atoms with Gasteiger partial charge in [-0.1, -0.05) is 6.58 Å². The molecule has 0 heterocycles. The molecule has 0 aliphatic carbocycles. The minimum absolute atomic E-state index is 0.942. The largest absolute Gasteiger partial charge is 0.470 e. The fourth-order valence-corrected chi connectivity index (χ4v) is 0.298. The summed E-state index contributed by atoms with van der Waals surface area (Å²) in [5, 5.41) is 0. The molecule has 0 aromatic rings. The van der Waals surface area contributed by atoms with E-state index in [1.165, 1.54) is 0 Å². The predicted molar refractivity (Wildman–Crippen MR) is 32.3 cm³/mol. The summed E-state index contributed by atoms with van der Waals surface area (Å²) >= 11 is -2.27. The zero-order valence-electron chi connectivity index (χ0n) is 4.52. The quantitative estimate of drug-likeness (QED) is 0.475. The second-order valence-corrected chi connectivity index (χ2v) is 1.51. The van der Waals surface area contributed by atoms with Gasteiger partial charge in [-0.05, 0) is 0 Å². The van der Waals surface area contributed by atoms with Crippen LogP contribution < -0.4 is 0 Å². The molecule has 0 bridgehead atoms. The predicted octanol–water partition coefficient (Wildman–Crippen LogP) is 0.771. The van der Waals surface area contributed by atoms with Gasteiger partial charge in [0.2, 0.25) is 0 Å². The Bertz CT molecular complexity index is 131. The van der Waals surface area contributed by atoms with E-state index in [2.05, 4.69) is 15.5 Å². The number of ether oxygens (including phenoxy) is 1. The average molecular weight is 150 g/mol. The minimum Gasteiger partial charge on any atom is -0.470 e. The lowest BCUT2D eigenvalue weighted by molar-refractivity contribution is 0.365. The van der Waals surface area contributed by atoms with Crippen LogP contribution in [-0.4, -0.2) is 8.76 Å². The van der Waals surface area contributed by atoms with Crippen LogP contribution in [0, 0.1) is 0 Å². The third-order valence-electron chi connectivity index (χ3n) is 0.368. The highest BCUT2D eigenvalue weighted by atomic mass is 32.2. The van der Waals surface area contributed by atoms with Crippen LogP contribution in [-0.2, 0) is 20.3 Å². The molecule has 0 fully saturated rings. The molecule has 0 spiro atoms. The van der Waals surface area contributed by atoms with Crippen molar-refractivity contribution in [1.82, 2.24) is 0 Å². The molecule has 0 amide bonds. The van der Waals surface area contributed by atoms with Crippen LogP contribution in [0.3, 0.4) is 0 Å². The fraction of sp³-hybridized carbons (Fsp3) is 0. The van der Waals surface area contributed by atoms with Crippen molar-refractivity contribution in [3.8, 4) is 0 Å². The van der Waals surface area contributed by atoms with Gasteiger partial charge in [-0.2, -0.15) is 4.21 Å². The summed E-state index contributed by atoms with van der Waals surface area (Å²) in [5.74, 6) is 0. The maximum Gasteiger partial charge on any atom is 0.357 e. The first-order valence-electron chi connectivity index (χ1n) is 1.96. The molecule has 0 radical (unpaired) electrons. The van der Waals surface area contributed by atoms with Gasteiger partial charge in [0, 0.05) is 0 Å². The average Bonchev–Trinajstić information content (AvgIpc) is 1.80. The zero-order valence-corrected chi connectivity index (χ0v) is 5.34. The maximum absolute atomic E-state index is 9.72. The normalized spacial score (nSPS) is 13.0. The van der Waals surface area contributed by atoms with Gasteiger partial charge >= 0.3 is 11.4 Å². The molecule has 1 atom stereocenters. The van der Waals surface area contributed by atoms with E-state index >= 15 is 0 Å². The summed E-state index contributed by atoms with van der Waals surface area (Å²) in [7, 11) is 0. The second kappa shape index (κ2) is 5.33. The van der Waals surface area contributed by atoms with Crippen molar-refractivity contribution in [3.63, 3.8) is 0 Å². The lowest BCUT2D eigenvalue weighted by atomic mass is 11.0. The van der Waals surface area contributed by atoms with Crippen LogP contribution >= 0.6 is 0 Å². The van der Waals surface area contributed by atoms with Crippen molar-refractivity contribution in [2.24, 2.45) is 0 Å². The molecule has 0 aromatic carbocycles. The molecule has 5 heteroatoms. The highest BCUT2D eigenvalue weighted by Gasteiger charge is 1.82. The Morgan fingerprint density at radius 1 is 1.56 bits per heavy atom. The van der Waals surface area contributed by atoms with E-state index in [1.54, 1.807) is 0 Å². The molecule has 0 saturated heterocycles. The van der Waals surface area contributed by atoms with Crippen LogP contribution in [0.2, 0.25) is 0 Å². The van der Waals surface area contributed by atoms with Crippen LogP contribution in [0.1, 0.15) is 0 Å². The van der Waals surface area contributed by atoms with Gasteiger partial charge in [0.15, 0.2) is 0 Å². The first-order chi connectivity index (χ1) is 4.27. The van der Waals surface area contributed by atoms with E-state index in [0.717, 1.165) is 18.8 Å². The fourth-order valence-electron chi connectivity index (χ4n) is 0.158. The number of rotatable bonds is 4. The molecular weight excluding hydrogens is 144 g/mol. The van der Waals surface area contributed by atoms with Gasteiger partial charge in [-0.3, -0.25) is 4.55 Å². The van der Waals surface area contributed by atoms with Gasteiger partial charge in [0.05, 0.1) is 6.26 Å². The van der Waals surface area contributed by atoms with Crippen molar-refractivity contribution in [3.05, 3.63) is 25.4 Å². The van der Waals surface area contributed by atoms with Crippen molar-refractivity contribution in [2.45, 2.75) is 0 Å². The smallest absolute Gasteiger partial charge is 0.357 e. The lowest BCUT2D eigenvalue weighted by Gasteiger charge is -1.88. The summed E-state index contributed by atoms with van der Waals surface area (Å²) in [6, 6.07) is 0. The van der Waals surface area contributed by atoms with Crippen molar-refractivity contribution < 1.29 is 17.7 Å². The third kappa shape index (κ3) is 7.19. The Morgan fingerprint density at radius 2 is 2.22 bits per heavy atom. The molecule has 0 rings (SSSR count). The summed E-state index contributed by atoms with van der Waals surface area (Å²) in [5.41, 5.74) is 0. The van der Waals surface area contributed by atoms with Gasteiger partial charge in [-0.25, -0.2) is 0 Å². The van der Waals surface area contributed by atoms with Crippen molar-refractivity contribution >= 4 is 11.4 Å². The standard InChI is InChI=1S/C4H6O4S/c1-2-7-3-4-8-9(5)6/h2-4H,1H2,(H,5,6). The highest BCUT2D eigenvalue weighted by Crippen LogP contribution is 1.82. The van der Waals surface area contributed by atoms with Gasteiger partial charge in [0.1, 0.15) is 12.5 Å². The topological polar surface area (TPSA) is 55.8 Å². The Kier molecular flexibility index (Phi) is 4.85. The first kappa shape index (κ1) is 8.19. The summed E-state index contributed by atoms with van der Waals surface area (Å²) in [4.78, 5) is 0. The SMILES string of the molecule is C=COC=COS(=O)O. The monoisotopic (exact) mass is 150 g/mol. The summed E-state index contributed by atoms with van der Waals surface area (Å²) in [6.45, 7) is 3.21. The van der Waals surface area contributed by atoms with E-state index < -0.39 is 11.4 Å². The second-order valence-electron chi connectivity index (χ2n) is 0.888. The lowest BCUT2D eigenvalue weighted by Crippen LogP contribution is -1.85. The summed E-state index contributed by atoms with van der Waals surface area (Å²) in [6.07, 6.45) is 3.18. The van der Waals surface area contributed by atoms with Gasteiger partial charge < -0.3 is 8.92 Å². The number of hydrogen-bond donors (Lipinski definition) is 1. The number of hydrogen-bond acceptors (Lipinski definition) is 3. The Hall–Kier alpha value is -0.810. The first-order valence-corrected chi connectivity index (χ1v) is 3.00. The molecule has 0 aliphatic rings. The van der Waals surface area contributed by atoms with E-state index in [0.29, 0.717) is 0 Å². The zero-order chi connectivity index (χ0) is 7.11. The van der Waals surface area contributed by atoms with Crippen LogP contribution in [0.15, 0.2) is 25.4 Å². The van der Waals surface area contributed by atoms with E-state index in [9.17, 15) is 4.21 Å². The molecule has 9 heavy (non-hydrogen) atoms. The Morgan fingerprint density at radius 3 is 2.67 bits per heavy atom. The summed E-state index contributed by atoms with van der Waals surface area (Å²) < 4.78 is 26.1. The van der Waals surface area contributed by atoms with Gasteiger partial charge in [0.25, 0.3) is 0 Å². The molecule has 0 aliphatic heterocycles. The van der Waals surface area contributed by atoms with E-state index in [-0.39, 0.29) is 0 Å². The molecule has 52 valence electrons. The molecule has 0 aromatic heterocycles. The van der Waals surface area contributed by atoms with Crippen LogP contribution in [0.4, 0.5) is 0 Å². The minimum atomic E-state index is -2.27. The third-order valence-corrected chi connectivity index (χ3v) is 0.644. The Labute approximate surface area is 55.3 Å². The van der Waals surface area contributed by atoms with Crippen LogP contribution in [0.25, 0.3) is 0 Å². The maximum atomic E-state index is 9.72. The highest BCUT2D eigenvalue weighted by molar-refractivity contribution is 7.74. The Balaban J connectivity index is 3.24. The molecule has 1 unspecified atom stereocenters.